The molecule has 1 aromatic rings. The molecular formula is C18H26N4O2. The van der Waals surface area contributed by atoms with Gasteiger partial charge in [0.2, 0.25) is 5.91 Å². The van der Waals surface area contributed by atoms with Gasteiger partial charge in [-0.1, -0.05) is 12.1 Å². The predicted molar refractivity (Wildman–Crippen MR) is 94.0 cm³/mol. The lowest BCUT2D eigenvalue weighted by atomic mass is 9.98. The molecule has 2 aliphatic heterocycles. The number of carbonyl (C=O) groups is 2. The molecule has 0 aliphatic carbocycles. The number of anilines is 1. The van der Waals surface area contributed by atoms with Crippen LogP contribution in [-0.4, -0.2) is 55.0 Å². The van der Waals surface area contributed by atoms with E-state index in [1.165, 1.54) is 0 Å². The minimum atomic E-state index is -0.0542. The fraction of sp³-hybridized carbons (Fsp3) is 0.556. The molecule has 24 heavy (non-hydrogen) atoms. The predicted octanol–water partition coefficient (Wildman–Crippen LogP) is 1.98. The van der Waals surface area contributed by atoms with Gasteiger partial charge < -0.3 is 20.4 Å². The van der Waals surface area contributed by atoms with E-state index in [-0.39, 0.29) is 18.0 Å². The van der Waals surface area contributed by atoms with E-state index in [1.807, 2.05) is 24.0 Å². The second-order valence-electron chi connectivity index (χ2n) is 6.78. The number of fused-ring (bicyclic) bond motifs is 1. The summed E-state index contributed by atoms with van der Waals surface area (Å²) < 4.78 is 0. The number of likely N-dealkylation sites (N-methyl/N-ethyl adjacent to an activating group) is 1. The summed E-state index contributed by atoms with van der Waals surface area (Å²) in [5.74, 6) is 0.0720. The molecule has 130 valence electrons. The van der Waals surface area contributed by atoms with Crippen LogP contribution in [0, 0.1) is 0 Å². The van der Waals surface area contributed by atoms with Crippen molar-refractivity contribution in [1.82, 2.24) is 15.1 Å². The number of benzene rings is 1. The molecule has 0 aromatic heterocycles. The number of nitrogens with one attached hydrogen (secondary N) is 2. The Bertz CT molecular complexity index is 631. The van der Waals surface area contributed by atoms with Gasteiger partial charge in [0.05, 0.1) is 6.04 Å². The van der Waals surface area contributed by atoms with Crippen molar-refractivity contribution in [2.24, 2.45) is 0 Å². The SMILES string of the molecule is C[C@H](NC(=O)N1CCCN(C)CC1)c1ccc2c(c1)CCC(=O)N2. The maximum absolute atomic E-state index is 12.5. The minimum Gasteiger partial charge on any atom is -0.331 e. The van der Waals surface area contributed by atoms with Crippen LogP contribution in [0.5, 0.6) is 0 Å². The third-order valence-corrected chi connectivity index (χ3v) is 4.87. The van der Waals surface area contributed by atoms with Crippen molar-refractivity contribution in [3.05, 3.63) is 29.3 Å². The van der Waals surface area contributed by atoms with Gasteiger partial charge in [0.1, 0.15) is 0 Å². The molecule has 1 atom stereocenters. The van der Waals surface area contributed by atoms with Crippen LogP contribution >= 0.6 is 0 Å². The van der Waals surface area contributed by atoms with E-state index in [2.05, 4.69) is 28.6 Å². The molecule has 0 unspecified atom stereocenters. The monoisotopic (exact) mass is 330 g/mol. The number of nitrogens with zero attached hydrogens (tertiary/aromatic N) is 2. The van der Waals surface area contributed by atoms with E-state index < -0.39 is 0 Å². The molecule has 2 aliphatic rings. The molecule has 6 heteroatoms. The number of carbonyl (C=O) groups excluding carboxylic acids is 2. The van der Waals surface area contributed by atoms with Gasteiger partial charge >= 0.3 is 6.03 Å². The zero-order valence-electron chi connectivity index (χ0n) is 14.5. The molecule has 3 rings (SSSR count). The second-order valence-corrected chi connectivity index (χ2v) is 6.78. The summed E-state index contributed by atoms with van der Waals surface area (Å²) >= 11 is 0. The Labute approximate surface area is 143 Å². The third kappa shape index (κ3) is 3.87. The zero-order valence-corrected chi connectivity index (χ0v) is 14.5. The summed E-state index contributed by atoms with van der Waals surface area (Å²) in [6, 6.07) is 5.96. The number of hydrogen-bond donors (Lipinski definition) is 2. The first-order valence-electron chi connectivity index (χ1n) is 8.69. The summed E-state index contributed by atoms with van der Waals surface area (Å²) in [6.45, 7) is 5.53. The first-order chi connectivity index (χ1) is 11.5. The lowest BCUT2D eigenvalue weighted by Crippen LogP contribution is -2.42. The minimum absolute atomic E-state index is 0.00354. The lowest BCUT2D eigenvalue weighted by molar-refractivity contribution is -0.116. The number of amides is 3. The highest BCUT2D eigenvalue weighted by molar-refractivity contribution is 5.93. The van der Waals surface area contributed by atoms with Crippen molar-refractivity contribution < 1.29 is 9.59 Å². The van der Waals surface area contributed by atoms with Crippen LogP contribution in [-0.2, 0) is 11.2 Å². The molecule has 1 fully saturated rings. The highest BCUT2D eigenvalue weighted by Gasteiger charge is 2.21. The molecular weight excluding hydrogens is 304 g/mol. The number of aryl methyl sites for hydroxylation is 1. The van der Waals surface area contributed by atoms with Gasteiger partial charge in [0.25, 0.3) is 0 Å². The fourth-order valence-corrected chi connectivity index (χ4v) is 3.28. The summed E-state index contributed by atoms with van der Waals surface area (Å²) in [7, 11) is 2.09. The smallest absolute Gasteiger partial charge is 0.317 e. The number of rotatable bonds is 2. The zero-order chi connectivity index (χ0) is 17.1. The van der Waals surface area contributed by atoms with E-state index in [9.17, 15) is 9.59 Å². The van der Waals surface area contributed by atoms with Crippen molar-refractivity contribution in [2.75, 3.05) is 38.5 Å². The van der Waals surface area contributed by atoms with Gasteiger partial charge in [0.15, 0.2) is 0 Å². The van der Waals surface area contributed by atoms with Crippen LogP contribution in [0.1, 0.15) is 36.9 Å². The third-order valence-electron chi connectivity index (χ3n) is 4.87. The Hall–Kier alpha value is -2.08. The molecule has 2 N–H and O–H groups in total. The number of hydrogen-bond acceptors (Lipinski definition) is 3. The molecule has 1 aromatic carbocycles. The average molecular weight is 330 g/mol. The summed E-state index contributed by atoms with van der Waals surface area (Å²) in [5.41, 5.74) is 3.11. The van der Waals surface area contributed by atoms with E-state index in [0.29, 0.717) is 6.42 Å². The van der Waals surface area contributed by atoms with Gasteiger partial charge in [-0.05, 0) is 50.6 Å². The molecule has 6 nitrogen and oxygen atoms in total. The van der Waals surface area contributed by atoms with Crippen LogP contribution in [0.15, 0.2) is 18.2 Å². The van der Waals surface area contributed by atoms with Gasteiger partial charge in [0, 0.05) is 31.7 Å². The van der Waals surface area contributed by atoms with Gasteiger partial charge in [-0.3, -0.25) is 4.79 Å². The fourth-order valence-electron chi connectivity index (χ4n) is 3.28. The van der Waals surface area contributed by atoms with Crippen molar-refractivity contribution in [3.8, 4) is 0 Å². The Kier molecular flexibility index (Phi) is 5.04. The molecule has 2 heterocycles. The highest BCUT2D eigenvalue weighted by atomic mass is 16.2. The lowest BCUT2D eigenvalue weighted by Gasteiger charge is -2.25. The second kappa shape index (κ2) is 7.21. The van der Waals surface area contributed by atoms with Crippen molar-refractivity contribution in [2.45, 2.75) is 32.2 Å². The van der Waals surface area contributed by atoms with Crippen LogP contribution in [0.3, 0.4) is 0 Å². The molecule has 0 saturated carbocycles. The summed E-state index contributed by atoms with van der Waals surface area (Å²) in [6.07, 6.45) is 2.30. The van der Waals surface area contributed by atoms with Crippen molar-refractivity contribution >= 4 is 17.6 Å². The number of urea groups is 1. The topological polar surface area (TPSA) is 64.7 Å². The Morgan fingerprint density at radius 2 is 2.04 bits per heavy atom. The molecule has 0 spiro atoms. The first kappa shape index (κ1) is 16.8. The van der Waals surface area contributed by atoms with Crippen LogP contribution in [0.2, 0.25) is 0 Å². The largest absolute Gasteiger partial charge is 0.331 e. The summed E-state index contributed by atoms with van der Waals surface area (Å²) in [4.78, 5) is 28.1. The normalized spacial score (nSPS) is 19.9. The maximum atomic E-state index is 12.5. The van der Waals surface area contributed by atoms with Crippen LogP contribution < -0.4 is 10.6 Å². The Morgan fingerprint density at radius 1 is 1.21 bits per heavy atom. The first-order valence-corrected chi connectivity index (χ1v) is 8.69. The van der Waals surface area contributed by atoms with Crippen LogP contribution in [0.25, 0.3) is 0 Å². The Morgan fingerprint density at radius 3 is 2.88 bits per heavy atom. The molecule has 0 bridgehead atoms. The van der Waals surface area contributed by atoms with Gasteiger partial charge in [-0.15, -0.1) is 0 Å². The van der Waals surface area contributed by atoms with Crippen molar-refractivity contribution in [1.29, 1.82) is 0 Å². The molecule has 1 saturated heterocycles. The van der Waals surface area contributed by atoms with Gasteiger partial charge in [-0.2, -0.15) is 0 Å². The average Bonchev–Trinajstić information content (AvgIpc) is 2.79. The maximum Gasteiger partial charge on any atom is 0.317 e. The quantitative estimate of drug-likeness (QED) is 0.871. The Balaban J connectivity index is 1.63. The molecule has 0 radical (unpaired) electrons. The van der Waals surface area contributed by atoms with E-state index in [1.54, 1.807) is 0 Å². The van der Waals surface area contributed by atoms with Crippen LogP contribution in [0.4, 0.5) is 10.5 Å². The van der Waals surface area contributed by atoms with E-state index in [0.717, 1.165) is 55.8 Å². The standard InChI is InChI=1S/C18H26N4O2/c1-13(19-18(24)22-9-3-8-21(2)10-11-22)14-4-6-16-15(12-14)5-7-17(23)20-16/h4,6,12-13H,3,5,7-11H2,1-2H3,(H,19,24)(H,20,23)/t13-/m0/s1. The van der Waals surface area contributed by atoms with Gasteiger partial charge in [-0.25, -0.2) is 4.79 Å². The van der Waals surface area contributed by atoms with E-state index in [4.69, 9.17) is 0 Å². The van der Waals surface area contributed by atoms with E-state index >= 15 is 0 Å². The summed E-state index contributed by atoms with van der Waals surface area (Å²) in [5, 5.41) is 6.00. The van der Waals surface area contributed by atoms with Crippen molar-refractivity contribution in [3.63, 3.8) is 0 Å². The molecule has 3 amide bonds. The highest BCUT2D eigenvalue weighted by Crippen LogP contribution is 2.26.